The van der Waals surface area contributed by atoms with E-state index in [1.807, 2.05) is 25.7 Å². The van der Waals surface area contributed by atoms with Crippen LogP contribution in [-0.4, -0.2) is 54.1 Å². The third-order valence-electron chi connectivity index (χ3n) is 5.23. The molecule has 2 N–H and O–H groups in total. The molecule has 8 heteroatoms. The van der Waals surface area contributed by atoms with E-state index in [-0.39, 0.29) is 5.82 Å². The van der Waals surface area contributed by atoms with Crippen LogP contribution >= 0.6 is 0 Å². The van der Waals surface area contributed by atoms with Crippen molar-refractivity contribution in [2.75, 3.05) is 44.2 Å². The zero-order valence-corrected chi connectivity index (χ0v) is 15.7. The van der Waals surface area contributed by atoms with Crippen LogP contribution in [0.1, 0.15) is 38.7 Å². The average Bonchev–Trinajstić information content (AvgIpc) is 3.31. The number of alkyl halides is 3. The van der Waals surface area contributed by atoms with E-state index in [0.29, 0.717) is 30.7 Å². The Balaban J connectivity index is 1.71. The summed E-state index contributed by atoms with van der Waals surface area (Å²) < 4.78 is 39.8. The molecular formula is C18H28F3N5. The van der Waals surface area contributed by atoms with Crippen LogP contribution in [0.3, 0.4) is 0 Å². The van der Waals surface area contributed by atoms with E-state index in [2.05, 4.69) is 14.9 Å². The van der Waals surface area contributed by atoms with Crippen LogP contribution in [-0.2, 0) is 11.6 Å². The Morgan fingerprint density at radius 1 is 1.08 bits per heavy atom. The van der Waals surface area contributed by atoms with Crippen molar-refractivity contribution in [1.82, 2.24) is 14.9 Å². The van der Waals surface area contributed by atoms with Gasteiger partial charge in [-0.15, -0.1) is 0 Å². The van der Waals surface area contributed by atoms with Gasteiger partial charge in [0.1, 0.15) is 17.3 Å². The molecule has 5 nitrogen and oxygen atoms in total. The molecular weight excluding hydrogens is 343 g/mol. The number of halogens is 3. The zero-order chi connectivity index (χ0) is 19.1. The summed E-state index contributed by atoms with van der Waals surface area (Å²) in [6.07, 6.45) is -3.27. The lowest BCUT2D eigenvalue weighted by Crippen LogP contribution is -2.47. The molecule has 0 bridgehead atoms. The summed E-state index contributed by atoms with van der Waals surface area (Å²) in [4.78, 5) is 12.5. The minimum atomic E-state index is -4.47. The summed E-state index contributed by atoms with van der Waals surface area (Å²) in [6.45, 7) is 10.3. The van der Waals surface area contributed by atoms with Gasteiger partial charge in [0.2, 0.25) is 0 Å². The van der Waals surface area contributed by atoms with Gasteiger partial charge >= 0.3 is 6.18 Å². The van der Waals surface area contributed by atoms with Gasteiger partial charge < -0.3 is 10.6 Å². The molecule has 1 aliphatic carbocycles. The average molecular weight is 371 g/mol. The molecule has 0 spiro atoms. The fourth-order valence-electron chi connectivity index (χ4n) is 3.39. The molecule has 1 aromatic rings. The number of anilines is 1. The number of nitrogens with two attached hydrogens (primary N) is 1. The highest BCUT2D eigenvalue weighted by Crippen LogP contribution is 2.38. The van der Waals surface area contributed by atoms with Crippen LogP contribution in [0.2, 0.25) is 0 Å². The highest BCUT2D eigenvalue weighted by Gasteiger charge is 2.38. The molecule has 0 aromatic carbocycles. The summed E-state index contributed by atoms with van der Waals surface area (Å²) in [5, 5.41) is 0. The van der Waals surface area contributed by atoms with E-state index in [1.54, 1.807) is 0 Å². The van der Waals surface area contributed by atoms with Crippen molar-refractivity contribution in [2.24, 2.45) is 17.6 Å². The van der Waals surface area contributed by atoms with Gasteiger partial charge in [0.25, 0.3) is 0 Å². The highest BCUT2D eigenvalue weighted by atomic mass is 19.4. The third kappa shape index (κ3) is 4.46. The second kappa shape index (κ2) is 6.96. The van der Waals surface area contributed by atoms with Gasteiger partial charge in [0, 0.05) is 44.2 Å². The first-order valence-corrected chi connectivity index (χ1v) is 9.22. The van der Waals surface area contributed by atoms with Crippen LogP contribution in [0.4, 0.5) is 19.0 Å². The van der Waals surface area contributed by atoms with E-state index in [9.17, 15) is 13.2 Å². The van der Waals surface area contributed by atoms with Gasteiger partial charge in [-0.3, -0.25) is 4.90 Å². The van der Waals surface area contributed by atoms with Crippen molar-refractivity contribution in [3.8, 4) is 0 Å². The molecule has 1 aromatic heterocycles. The second-order valence-corrected chi connectivity index (χ2v) is 8.46. The fraction of sp³-hybridized carbons (Fsp3) is 0.778. The van der Waals surface area contributed by atoms with Gasteiger partial charge in [-0.1, -0.05) is 20.8 Å². The van der Waals surface area contributed by atoms with E-state index < -0.39 is 17.3 Å². The van der Waals surface area contributed by atoms with Gasteiger partial charge in [0.15, 0.2) is 0 Å². The van der Waals surface area contributed by atoms with Crippen LogP contribution in [0.5, 0.6) is 0 Å². The monoisotopic (exact) mass is 371 g/mol. The topological polar surface area (TPSA) is 58.3 Å². The Morgan fingerprint density at radius 2 is 1.73 bits per heavy atom. The molecule has 26 heavy (non-hydrogen) atoms. The quantitative estimate of drug-likeness (QED) is 0.881. The molecule has 2 unspecified atom stereocenters. The van der Waals surface area contributed by atoms with E-state index >= 15 is 0 Å². The van der Waals surface area contributed by atoms with Crippen LogP contribution < -0.4 is 10.6 Å². The van der Waals surface area contributed by atoms with E-state index in [4.69, 9.17) is 5.73 Å². The highest BCUT2D eigenvalue weighted by molar-refractivity contribution is 5.42. The number of aromatic nitrogens is 2. The maximum Gasteiger partial charge on any atom is 0.433 e. The molecule has 146 valence electrons. The first-order chi connectivity index (χ1) is 12.1. The minimum Gasteiger partial charge on any atom is -0.354 e. The Morgan fingerprint density at radius 3 is 2.23 bits per heavy atom. The Hall–Kier alpha value is -1.41. The van der Waals surface area contributed by atoms with Gasteiger partial charge in [-0.25, -0.2) is 9.97 Å². The summed E-state index contributed by atoms with van der Waals surface area (Å²) in [5.41, 5.74) is 4.29. The molecule has 1 aliphatic heterocycles. The minimum absolute atomic E-state index is 0.230. The standard InChI is InChI=1S/C18H28F3N5/c1-17(2,3)16-23-14(18(19,20)21)9-15(24-16)26-6-4-25(5-7-26)11-13-8-12(13)10-22/h9,12-13H,4-8,10-11,22H2,1-3H3. The summed E-state index contributed by atoms with van der Waals surface area (Å²) in [6, 6.07) is 1.08. The maximum atomic E-state index is 13.3. The van der Waals surface area contributed by atoms with Gasteiger partial charge in [-0.05, 0) is 24.8 Å². The van der Waals surface area contributed by atoms with Crippen LogP contribution in [0.15, 0.2) is 6.07 Å². The smallest absolute Gasteiger partial charge is 0.354 e. The predicted molar refractivity (Wildman–Crippen MR) is 95.0 cm³/mol. The molecule has 0 radical (unpaired) electrons. The summed E-state index contributed by atoms with van der Waals surface area (Å²) in [7, 11) is 0. The lowest BCUT2D eigenvalue weighted by Gasteiger charge is -2.36. The zero-order valence-electron chi connectivity index (χ0n) is 15.7. The maximum absolute atomic E-state index is 13.3. The van der Waals surface area contributed by atoms with Crippen molar-refractivity contribution in [3.05, 3.63) is 17.6 Å². The number of hydrogen-bond donors (Lipinski definition) is 1. The van der Waals surface area contributed by atoms with Crippen molar-refractivity contribution in [2.45, 2.75) is 38.8 Å². The predicted octanol–water partition coefficient (Wildman–Crippen LogP) is 2.51. The summed E-state index contributed by atoms with van der Waals surface area (Å²) >= 11 is 0. The lowest BCUT2D eigenvalue weighted by atomic mass is 9.95. The number of nitrogens with zero attached hydrogens (tertiary/aromatic N) is 4. The van der Waals surface area contributed by atoms with Crippen molar-refractivity contribution in [3.63, 3.8) is 0 Å². The molecule has 2 heterocycles. The van der Waals surface area contributed by atoms with Crippen LogP contribution in [0.25, 0.3) is 0 Å². The lowest BCUT2D eigenvalue weighted by molar-refractivity contribution is -0.141. The van der Waals surface area contributed by atoms with E-state index in [0.717, 1.165) is 32.2 Å². The Bertz CT molecular complexity index is 600. The van der Waals surface area contributed by atoms with Crippen molar-refractivity contribution in [1.29, 1.82) is 0 Å². The first-order valence-electron chi connectivity index (χ1n) is 9.22. The van der Waals surface area contributed by atoms with Gasteiger partial charge in [-0.2, -0.15) is 13.2 Å². The molecule has 1 saturated carbocycles. The molecule has 2 atom stereocenters. The SMILES string of the molecule is CC(C)(C)c1nc(N2CCN(CC3CC3CN)CC2)cc(C(F)(F)F)n1. The first kappa shape index (κ1) is 19.4. The summed E-state index contributed by atoms with van der Waals surface area (Å²) in [5.74, 6) is 1.95. The molecule has 2 aliphatic rings. The number of piperazine rings is 1. The molecule has 1 saturated heterocycles. The molecule has 0 amide bonds. The fourth-order valence-corrected chi connectivity index (χ4v) is 3.39. The molecule has 3 rings (SSSR count). The van der Waals surface area contributed by atoms with Crippen LogP contribution in [0, 0.1) is 11.8 Å². The Kier molecular flexibility index (Phi) is 5.18. The molecule has 2 fully saturated rings. The number of rotatable bonds is 4. The largest absolute Gasteiger partial charge is 0.433 e. The number of hydrogen-bond acceptors (Lipinski definition) is 5. The Labute approximate surface area is 152 Å². The normalized spacial score (nSPS) is 24.8. The second-order valence-electron chi connectivity index (χ2n) is 8.46. The van der Waals surface area contributed by atoms with E-state index in [1.165, 1.54) is 6.42 Å². The van der Waals surface area contributed by atoms with Gasteiger partial charge in [0.05, 0.1) is 0 Å². The van der Waals surface area contributed by atoms with Crippen molar-refractivity contribution >= 4 is 5.82 Å². The van der Waals surface area contributed by atoms with Crippen molar-refractivity contribution < 1.29 is 13.2 Å². The third-order valence-corrected chi connectivity index (χ3v) is 5.23.